The second kappa shape index (κ2) is 6.35. The van der Waals surface area contributed by atoms with Crippen molar-refractivity contribution in [1.82, 2.24) is 0 Å². The standard InChI is InChI=1S/C18H28O3/c1-5-16(19)20-13-14(2)7-6-10-18(4)15-8-11-17(3,21-18)12-9-15/h7-8,11,15H,5-6,9-10,12-13H2,1-4H3/b14-7+/t15-,17+,18-/m0/s1. The highest BCUT2D eigenvalue weighted by molar-refractivity contribution is 5.69. The van der Waals surface area contributed by atoms with Crippen LogP contribution >= 0.6 is 0 Å². The third-order valence-corrected chi connectivity index (χ3v) is 4.77. The fraction of sp³-hybridized carbons (Fsp3) is 0.722. The summed E-state index contributed by atoms with van der Waals surface area (Å²) in [5, 5.41) is 0. The lowest BCUT2D eigenvalue weighted by atomic mass is 9.71. The molecule has 0 spiro atoms. The second-order valence-electron chi connectivity index (χ2n) is 6.84. The molecule has 0 aromatic heterocycles. The van der Waals surface area contributed by atoms with Crippen molar-refractivity contribution < 1.29 is 14.3 Å². The van der Waals surface area contributed by atoms with E-state index in [-0.39, 0.29) is 17.2 Å². The van der Waals surface area contributed by atoms with E-state index >= 15 is 0 Å². The van der Waals surface area contributed by atoms with Crippen LogP contribution in [-0.2, 0) is 14.3 Å². The quantitative estimate of drug-likeness (QED) is 0.544. The number of fused-ring (bicyclic) bond motifs is 2. The Hall–Kier alpha value is -1.09. The molecule has 0 aromatic carbocycles. The van der Waals surface area contributed by atoms with E-state index in [9.17, 15) is 4.79 Å². The number of rotatable bonds is 6. The summed E-state index contributed by atoms with van der Waals surface area (Å²) in [6.07, 6.45) is 11.5. The summed E-state index contributed by atoms with van der Waals surface area (Å²) in [6.45, 7) is 8.65. The van der Waals surface area contributed by atoms with E-state index in [0.29, 0.717) is 18.9 Å². The van der Waals surface area contributed by atoms with Gasteiger partial charge < -0.3 is 9.47 Å². The fourth-order valence-corrected chi connectivity index (χ4v) is 3.34. The van der Waals surface area contributed by atoms with Crippen molar-refractivity contribution in [2.75, 3.05) is 6.61 Å². The van der Waals surface area contributed by atoms with Gasteiger partial charge >= 0.3 is 5.97 Å². The first-order chi connectivity index (χ1) is 9.87. The van der Waals surface area contributed by atoms with Gasteiger partial charge in [-0.15, -0.1) is 0 Å². The Morgan fingerprint density at radius 1 is 1.48 bits per heavy atom. The van der Waals surface area contributed by atoms with Crippen LogP contribution in [0.5, 0.6) is 0 Å². The lowest BCUT2D eigenvalue weighted by Crippen LogP contribution is -2.52. The molecule has 2 heterocycles. The largest absolute Gasteiger partial charge is 0.461 e. The first-order valence-corrected chi connectivity index (χ1v) is 8.08. The molecule has 0 amide bonds. The molecule has 0 radical (unpaired) electrons. The first-order valence-electron chi connectivity index (χ1n) is 8.08. The summed E-state index contributed by atoms with van der Waals surface area (Å²) in [7, 11) is 0. The zero-order chi connectivity index (χ0) is 15.5. The van der Waals surface area contributed by atoms with Gasteiger partial charge in [-0.1, -0.05) is 25.2 Å². The molecule has 3 aliphatic rings. The van der Waals surface area contributed by atoms with Gasteiger partial charge in [0, 0.05) is 12.3 Å². The smallest absolute Gasteiger partial charge is 0.305 e. The number of ether oxygens (including phenoxy) is 2. The van der Waals surface area contributed by atoms with Crippen LogP contribution in [0.3, 0.4) is 0 Å². The minimum atomic E-state index is -0.138. The molecule has 1 aliphatic carbocycles. The zero-order valence-electron chi connectivity index (χ0n) is 13.8. The molecule has 1 fully saturated rings. The van der Waals surface area contributed by atoms with Crippen molar-refractivity contribution >= 4 is 5.97 Å². The lowest BCUT2D eigenvalue weighted by molar-refractivity contribution is -0.184. The highest BCUT2D eigenvalue weighted by Gasteiger charge is 2.47. The van der Waals surface area contributed by atoms with Gasteiger partial charge in [-0.3, -0.25) is 4.79 Å². The van der Waals surface area contributed by atoms with Gasteiger partial charge in [-0.05, 0) is 52.0 Å². The third kappa shape index (κ3) is 3.97. The van der Waals surface area contributed by atoms with Crippen molar-refractivity contribution in [2.45, 2.75) is 71.0 Å². The molecule has 3 atom stereocenters. The van der Waals surface area contributed by atoms with Gasteiger partial charge in [0.1, 0.15) is 6.61 Å². The molecule has 2 aliphatic heterocycles. The van der Waals surface area contributed by atoms with E-state index in [2.05, 4.69) is 32.1 Å². The monoisotopic (exact) mass is 292 g/mol. The van der Waals surface area contributed by atoms with Crippen LogP contribution in [0.25, 0.3) is 0 Å². The van der Waals surface area contributed by atoms with Crippen molar-refractivity contribution in [2.24, 2.45) is 5.92 Å². The van der Waals surface area contributed by atoms with Crippen molar-refractivity contribution in [3.63, 3.8) is 0 Å². The van der Waals surface area contributed by atoms with E-state index in [0.717, 1.165) is 24.8 Å². The molecule has 0 saturated carbocycles. The second-order valence-corrected chi connectivity index (χ2v) is 6.84. The number of esters is 1. The van der Waals surface area contributed by atoms with Crippen LogP contribution in [0.1, 0.15) is 59.8 Å². The maximum Gasteiger partial charge on any atom is 0.305 e. The molecule has 3 rings (SSSR count). The summed E-state index contributed by atoms with van der Waals surface area (Å²) in [6, 6.07) is 0. The molecule has 3 nitrogen and oxygen atoms in total. The maximum atomic E-state index is 11.1. The number of hydrogen-bond acceptors (Lipinski definition) is 3. The fourth-order valence-electron chi connectivity index (χ4n) is 3.34. The Morgan fingerprint density at radius 2 is 2.24 bits per heavy atom. The van der Waals surface area contributed by atoms with Gasteiger partial charge in [0.15, 0.2) is 0 Å². The minimum Gasteiger partial charge on any atom is -0.461 e. The average Bonchev–Trinajstić information content (AvgIpc) is 2.44. The highest BCUT2D eigenvalue weighted by atomic mass is 16.5. The van der Waals surface area contributed by atoms with Crippen LogP contribution in [0.15, 0.2) is 23.8 Å². The van der Waals surface area contributed by atoms with E-state index in [1.54, 1.807) is 0 Å². The molecular weight excluding hydrogens is 264 g/mol. The Labute approximate surface area is 128 Å². The SMILES string of the molecule is CCC(=O)OC/C(C)=C/CC[C@]1(C)O[C@]2(C)C=C[C@H]1CC2. The van der Waals surface area contributed by atoms with Crippen LogP contribution in [-0.4, -0.2) is 23.8 Å². The third-order valence-electron chi connectivity index (χ3n) is 4.77. The summed E-state index contributed by atoms with van der Waals surface area (Å²) >= 11 is 0. The number of allylic oxidation sites excluding steroid dienone is 1. The molecule has 0 aromatic rings. The molecular formula is C18H28O3. The zero-order valence-corrected chi connectivity index (χ0v) is 13.8. The van der Waals surface area contributed by atoms with Gasteiger partial charge in [-0.2, -0.15) is 0 Å². The van der Waals surface area contributed by atoms with Gasteiger partial charge in [-0.25, -0.2) is 0 Å². The lowest BCUT2D eigenvalue weighted by Gasteiger charge is -2.52. The van der Waals surface area contributed by atoms with E-state index in [1.807, 2.05) is 13.8 Å². The van der Waals surface area contributed by atoms with Gasteiger partial charge in [0.2, 0.25) is 0 Å². The van der Waals surface area contributed by atoms with E-state index in [1.165, 1.54) is 6.42 Å². The van der Waals surface area contributed by atoms with Crippen molar-refractivity contribution in [1.29, 1.82) is 0 Å². The molecule has 0 N–H and O–H groups in total. The Bertz CT molecular complexity index is 451. The molecule has 0 unspecified atom stereocenters. The van der Waals surface area contributed by atoms with Crippen molar-refractivity contribution in [3.05, 3.63) is 23.8 Å². The topological polar surface area (TPSA) is 35.5 Å². The summed E-state index contributed by atoms with van der Waals surface area (Å²) in [5.41, 5.74) is 0.987. The van der Waals surface area contributed by atoms with Gasteiger partial charge in [0.25, 0.3) is 0 Å². The normalized spacial score (nSPS) is 35.0. The highest BCUT2D eigenvalue weighted by Crippen LogP contribution is 2.47. The molecule has 3 heteroatoms. The summed E-state index contributed by atoms with van der Waals surface area (Å²) in [4.78, 5) is 11.1. The molecule has 2 bridgehead atoms. The Morgan fingerprint density at radius 3 is 2.81 bits per heavy atom. The molecule has 1 saturated heterocycles. The van der Waals surface area contributed by atoms with Crippen molar-refractivity contribution in [3.8, 4) is 0 Å². The minimum absolute atomic E-state index is 0.0569. The number of hydrogen-bond donors (Lipinski definition) is 0. The number of carbonyl (C=O) groups excluding carboxylic acids is 1. The van der Waals surface area contributed by atoms with E-state index in [4.69, 9.17) is 9.47 Å². The van der Waals surface area contributed by atoms with Crippen LogP contribution in [0.4, 0.5) is 0 Å². The molecule has 21 heavy (non-hydrogen) atoms. The Balaban J connectivity index is 1.83. The predicted molar refractivity (Wildman–Crippen MR) is 84.0 cm³/mol. The average molecular weight is 292 g/mol. The molecule has 118 valence electrons. The Kier molecular flexibility index (Phi) is 4.92. The van der Waals surface area contributed by atoms with Gasteiger partial charge in [0.05, 0.1) is 11.2 Å². The van der Waals surface area contributed by atoms with E-state index < -0.39 is 0 Å². The summed E-state index contributed by atoms with van der Waals surface area (Å²) < 4.78 is 11.5. The van der Waals surface area contributed by atoms with Crippen LogP contribution < -0.4 is 0 Å². The first kappa shape index (κ1) is 16.3. The maximum absolute atomic E-state index is 11.1. The van der Waals surface area contributed by atoms with Crippen LogP contribution in [0, 0.1) is 5.92 Å². The van der Waals surface area contributed by atoms with Crippen LogP contribution in [0.2, 0.25) is 0 Å². The number of carbonyl (C=O) groups is 1. The predicted octanol–water partition coefficient (Wildman–Crippen LogP) is 4.18. The summed E-state index contributed by atoms with van der Waals surface area (Å²) in [5.74, 6) is 0.395.